The number of rotatable bonds is 5. The molecular weight excluding hydrogens is 316 g/mol. The number of hydrogen-bond donors (Lipinski definition) is 2. The molecule has 1 aromatic rings. The molecule has 0 saturated carbocycles. The Hall–Kier alpha value is -1.92. The summed E-state index contributed by atoms with van der Waals surface area (Å²) in [6, 6.07) is 11.0. The van der Waals surface area contributed by atoms with Gasteiger partial charge < -0.3 is 5.32 Å². The van der Waals surface area contributed by atoms with E-state index in [-0.39, 0.29) is 5.91 Å². The van der Waals surface area contributed by atoms with Gasteiger partial charge in [0.1, 0.15) is 0 Å². The van der Waals surface area contributed by atoms with Crippen LogP contribution in [0, 0.1) is 0 Å². The van der Waals surface area contributed by atoms with Gasteiger partial charge in [-0.05, 0) is 44.3 Å². The molecule has 0 aliphatic carbocycles. The summed E-state index contributed by atoms with van der Waals surface area (Å²) < 4.78 is 0. The van der Waals surface area contributed by atoms with Crippen molar-refractivity contribution >= 4 is 11.9 Å². The van der Waals surface area contributed by atoms with E-state index in [0.29, 0.717) is 18.6 Å². The van der Waals surface area contributed by atoms with Crippen LogP contribution in [0.3, 0.4) is 0 Å². The highest BCUT2D eigenvalue weighted by Crippen LogP contribution is 2.30. The van der Waals surface area contributed by atoms with Crippen molar-refractivity contribution in [1.82, 2.24) is 20.4 Å². The van der Waals surface area contributed by atoms with Gasteiger partial charge in [-0.1, -0.05) is 30.3 Å². The highest BCUT2D eigenvalue weighted by molar-refractivity contribution is 5.95. The van der Waals surface area contributed by atoms with Gasteiger partial charge >= 0.3 is 6.03 Å². The fourth-order valence-corrected chi connectivity index (χ4v) is 4.20. The van der Waals surface area contributed by atoms with Crippen molar-refractivity contribution in [2.24, 2.45) is 0 Å². The number of nitrogens with one attached hydrogen (secondary N) is 2. The lowest BCUT2D eigenvalue weighted by Gasteiger charge is -2.34. The number of imide groups is 1. The van der Waals surface area contributed by atoms with Crippen molar-refractivity contribution < 1.29 is 9.59 Å². The van der Waals surface area contributed by atoms with E-state index in [4.69, 9.17) is 0 Å². The molecule has 6 nitrogen and oxygen atoms in total. The van der Waals surface area contributed by atoms with E-state index in [9.17, 15) is 9.59 Å². The van der Waals surface area contributed by atoms with Crippen LogP contribution in [0.2, 0.25) is 0 Å². The summed E-state index contributed by atoms with van der Waals surface area (Å²) >= 11 is 0. The van der Waals surface area contributed by atoms with Gasteiger partial charge in [-0.15, -0.1) is 0 Å². The maximum atomic E-state index is 12.1. The minimum absolute atomic E-state index is 0.223. The lowest BCUT2D eigenvalue weighted by atomic mass is 10.0. The summed E-state index contributed by atoms with van der Waals surface area (Å²) in [6.07, 6.45) is 4.65. The second kappa shape index (κ2) is 8.45. The minimum atomic E-state index is -0.438. The Morgan fingerprint density at radius 3 is 2.36 bits per heavy atom. The largest absolute Gasteiger partial charge is 0.341 e. The van der Waals surface area contributed by atoms with Crippen LogP contribution in [0.1, 0.15) is 31.2 Å². The summed E-state index contributed by atoms with van der Waals surface area (Å²) in [5, 5.41) is 4.80. The van der Waals surface area contributed by atoms with E-state index >= 15 is 0 Å². The maximum absolute atomic E-state index is 12.1. The third-order valence-corrected chi connectivity index (χ3v) is 5.33. The Morgan fingerprint density at radius 1 is 1.04 bits per heavy atom. The molecule has 0 unspecified atom stereocenters. The average Bonchev–Trinajstić information content (AvgIpc) is 3.24. The van der Waals surface area contributed by atoms with Gasteiger partial charge in [-0.25, -0.2) is 4.79 Å². The molecule has 2 aliphatic rings. The van der Waals surface area contributed by atoms with Crippen molar-refractivity contribution in [1.29, 1.82) is 0 Å². The van der Waals surface area contributed by atoms with E-state index in [1.54, 1.807) is 0 Å². The topological polar surface area (TPSA) is 64.7 Å². The van der Waals surface area contributed by atoms with Gasteiger partial charge in [0.25, 0.3) is 0 Å². The highest BCUT2D eigenvalue weighted by Gasteiger charge is 2.38. The van der Waals surface area contributed by atoms with Gasteiger partial charge in [0.05, 0.1) is 6.54 Å². The molecule has 6 heteroatoms. The first-order valence-electron chi connectivity index (χ1n) is 9.21. The van der Waals surface area contributed by atoms with Gasteiger partial charge in [-0.2, -0.15) is 0 Å². The van der Waals surface area contributed by atoms with Gasteiger partial charge in [-0.3, -0.25) is 19.9 Å². The van der Waals surface area contributed by atoms with Gasteiger partial charge in [0, 0.05) is 25.7 Å². The number of carbonyl (C=O) groups is 2. The van der Waals surface area contributed by atoms with E-state index in [0.717, 1.165) is 32.5 Å². The monoisotopic (exact) mass is 344 g/mol. The quantitative estimate of drug-likeness (QED) is 0.851. The van der Waals surface area contributed by atoms with E-state index in [2.05, 4.69) is 50.8 Å². The normalized spacial score (nSPS) is 24.4. The first-order chi connectivity index (χ1) is 12.2. The molecule has 0 bridgehead atoms. The van der Waals surface area contributed by atoms with Gasteiger partial charge in [0.2, 0.25) is 5.91 Å². The molecule has 136 valence electrons. The smallest absolute Gasteiger partial charge is 0.321 e. The van der Waals surface area contributed by atoms with Crippen molar-refractivity contribution in [3.8, 4) is 0 Å². The second-order valence-corrected chi connectivity index (χ2v) is 6.97. The van der Waals surface area contributed by atoms with E-state index in [1.807, 2.05) is 0 Å². The summed E-state index contributed by atoms with van der Waals surface area (Å²) in [6.45, 7) is 3.32. The Labute approximate surface area is 149 Å². The third kappa shape index (κ3) is 4.58. The lowest BCUT2D eigenvalue weighted by molar-refractivity contribution is -0.121. The first-order valence-corrected chi connectivity index (χ1v) is 9.21. The Balaban J connectivity index is 1.60. The zero-order valence-electron chi connectivity index (χ0n) is 14.9. The van der Waals surface area contributed by atoms with Crippen LogP contribution in [-0.4, -0.2) is 60.5 Å². The lowest BCUT2D eigenvalue weighted by Crippen LogP contribution is -2.50. The summed E-state index contributed by atoms with van der Waals surface area (Å²) in [7, 11) is 1.52. The predicted octanol–water partition coefficient (Wildman–Crippen LogP) is 1.57. The van der Waals surface area contributed by atoms with Crippen molar-refractivity contribution in [2.45, 2.75) is 44.3 Å². The number of carbonyl (C=O) groups excluding carboxylic acids is 2. The molecule has 2 atom stereocenters. The van der Waals surface area contributed by atoms with E-state index < -0.39 is 6.03 Å². The molecule has 0 aromatic heterocycles. The molecule has 2 saturated heterocycles. The molecule has 3 rings (SSSR count). The van der Waals surface area contributed by atoms with Crippen LogP contribution in [-0.2, 0) is 11.3 Å². The van der Waals surface area contributed by atoms with Crippen LogP contribution < -0.4 is 10.6 Å². The first kappa shape index (κ1) is 17.9. The number of hydrogen-bond acceptors (Lipinski definition) is 4. The zero-order valence-corrected chi connectivity index (χ0v) is 14.9. The van der Waals surface area contributed by atoms with Crippen LogP contribution in [0.25, 0.3) is 0 Å². The summed E-state index contributed by atoms with van der Waals surface area (Å²) in [5.74, 6) is -0.223. The molecule has 2 fully saturated rings. The Bertz CT molecular complexity index is 592. The Kier molecular flexibility index (Phi) is 6.04. The number of amides is 3. The van der Waals surface area contributed by atoms with Crippen molar-refractivity contribution in [2.75, 3.05) is 26.7 Å². The van der Waals surface area contributed by atoms with E-state index in [1.165, 1.54) is 25.5 Å². The molecule has 25 heavy (non-hydrogen) atoms. The summed E-state index contributed by atoms with van der Waals surface area (Å²) in [5.41, 5.74) is 1.34. The number of urea groups is 1. The molecule has 1 aromatic carbocycles. The number of nitrogens with zero attached hydrogens (tertiary/aromatic N) is 2. The van der Waals surface area contributed by atoms with Crippen molar-refractivity contribution in [3.05, 3.63) is 35.9 Å². The third-order valence-electron chi connectivity index (χ3n) is 5.33. The fraction of sp³-hybridized carbons (Fsp3) is 0.579. The summed E-state index contributed by atoms with van der Waals surface area (Å²) in [4.78, 5) is 28.2. The Morgan fingerprint density at radius 2 is 1.68 bits per heavy atom. The predicted molar refractivity (Wildman–Crippen MR) is 97.1 cm³/mol. The highest BCUT2D eigenvalue weighted by atomic mass is 16.2. The fourth-order valence-electron chi connectivity index (χ4n) is 4.20. The maximum Gasteiger partial charge on any atom is 0.321 e. The molecule has 2 heterocycles. The zero-order chi connectivity index (χ0) is 17.6. The SMILES string of the molecule is CNC(=O)NC(=O)CN1CCC[C@@H]1[C@H]1CCCN1Cc1ccccc1. The second-order valence-electron chi connectivity index (χ2n) is 6.97. The molecule has 2 aliphatic heterocycles. The van der Waals surface area contributed by atoms with Crippen LogP contribution in [0.5, 0.6) is 0 Å². The molecule has 2 N–H and O–H groups in total. The molecule has 0 radical (unpaired) electrons. The minimum Gasteiger partial charge on any atom is -0.341 e. The average molecular weight is 344 g/mol. The molecule has 0 spiro atoms. The number of benzene rings is 1. The molecular formula is C19H28N4O2. The van der Waals surface area contributed by atoms with Gasteiger partial charge in [0.15, 0.2) is 0 Å². The van der Waals surface area contributed by atoms with Crippen molar-refractivity contribution in [3.63, 3.8) is 0 Å². The standard InChI is InChI=1S/C19H28N4O2/c1-20-19(25)21-18(24)14-23-12-6-10-17(23)16-9-5-11-22(16)13-15-7-3-2-4-8-15/h2-4,7-8,16-17H,5-6,9-14H2,1H3,(H2,20,21,24,25)/t16-,17-/m1/s1. The van der Waals surface area contributed by atoms with Crippen LogP contribution in [0.4, 0.5) is 4.79 Å². The number of likely N-dealkylation sites (tertiary alicyclic amines) is 2. The molecule has 3 amide bonds. The van der Waals surface area contributed by atoms with Crippen LogP contribution in [0.15, 0.2) is 30.3 Å². The van der Waals surface area contributed by atoms with Crippen LogP contribution >= 0.6 is 0 Å².